The summed E-state index contributed by atoms with van der Waals surface area (Å²) in [4.78, 5) is 9.64. The number of fused-ring (bicyclic) bond motifs is 4. The first-order valence-corrected chi connectivity index (χ1v) is 19.7. The van der Waals surface area contributed by atoms with E-state index in [9.17, 15) is 2.74 Å². The Hall–Kier alpha value is -5.75. The van der Waals surface area contributed by atoms with Crippen molar-refractivity contribution in [2.75, 3.05) is 0 Å². The van der Waals surface area contributed by atoms with Crippen LogP contribution in [-0.4, -0.2) is 19.1 Å². The molecule has 0 amide bonds. The fraction of sp³-hybridized carbons (Fsp3) is 0.286. The molecule has 8 aromatic rings. The van der Waals surface area contributed by atoms with Crippen LogP contribution >= 0.6 is 0 Å². The van der Waals surface area contributed by atoms with Gasteiger partial charge in [-0.1, -0.05) is 97.0 Å². The van der Waals surface area contributed by atoms with Gasteiger partial charge in [-0.05, 0) is 108 Å². The molecule has 0 unspecified atom stereocenters. The summed E-state index contributed by atoms with van der Waals surface area (Å²) < 4.78 is 31.7. The third-order valence-electron chi connectivity index (χ3n) is 10.9. The molecule has 6 heteroatoms. The third kappa shape index (κ3) is 6.79. The van der Waals surface area contributed by atoms with Crippen molar-refractivity contribution in [3.05, 3.63) is 145 Å². The number of ether oxygens (including phenoxy) is 1. The number of hydrogen-bond donors (Lipinski definition) is 0. The highest BCUT2D eigenvalue weighted by Gasteiger charge is 2.20. The number of hydrogen-bond acceptors (Lipinski definition) is 3. The van der Waals surface area contributed by atoms with Crippen molar-refractivity contribution in [1.82, 2.24) is 19.1 Å². The van der Waals surface area contributed by atoms with Crippen LogP contribution in [0.2, 0.25) is 0 Å². The van der Waals surface area contributed by atoms with Crippen molar-refractivity contribution in [1.29, 1.82) is 0 Å². The highest BCUT2D eigenvalue weighted by atomic mass is 16.5. The molecule has 0 bridgehead atoms. The zero-order valence-corrected chi connectivity index (χ0v) is 33.0. The molecule has 55 heavy (non-hydrogen) atoms. The van der Waals surface area contributed by atoms with E-state index in [4.69, 9.17) is 14.7 Å². The first-order valence-electron chi connectivity index (χ1n) is 20.7. The molecular formula is C49H51N5O. The topological polar surface area (TPSA) is 48.8 Å². The van der Waals surface area contributed by atoms with Gasteiger partial charge in [0.15, 0.2) is 5.82 Å². The Morgan fingerprint density at radius 3 is 1.98 bits per heavy atom. The number of rotatable bonds is 11. The Labute approximate surface area is 327 Å². The summed E-state index contributed by atoms with van der Waals surface area (Å²) in [6, 6.07) is 37.3. The van der Waals surface area contributed by atoms with Gasteiger partial charge < -0.3 is 4.74 Å². The van der Waals surface area contributed by atoms with E-state index in [-0.39, 0.29) is 5.41 Å². The smallest absolute Gasteiger partial charge is 0.271 e. The molecule has 0 fully saturated rings. The minimum Gasteiger partial charge on any atom is -0.458 e. The van der Waals surface area contributed by atoms with Crippen molar-refractivity contribution < 1.29 is 12.0 Å². The van der Waals surface area contributed by atoms with E-state index in [2.05, 4.69) is 138 Å². The summed E-state index contributed by atoms with van der Waals surface area (Å²) in [6.45, 7) is 15.0. The van der Waals surface area contributed by atoms with Gasteiger partial charge in [-0.2, -0.15) is 0 Å². The third-order valence-corrected chi connectivity index (χ3v) is 10.9. The molecule has 278 valence electrons. The van der Waals surface area contributed by atoms with Gasteiger partial charge >= 0.3 is 0 Å². The van der Waals surface area contributed by atoms with E-state index in [1.54, 1.807) is 6.20 Å². The number of benzene rings is 4. The number of para-hydroxylation sites is 3. The molecule has 0 aliphatic carbocycles. The van der Waals surface area contributed by atoms with Gasteiger partial charge in [0.25, 0.3) is 6.33 Å². The Morgan fingerprint density at radius 2 is 1.27 bits per heavy atom. The average Bonchev–Trinajstić information content (AvgIpc) is 3.79. The van der Waals surface area contributed by atoms with E-state index in [0.29, 0.717) is 43.0 Å². The Morgan fingerprint density at radius 1 is 0.655 bits per heavy atom. The monoisotopic (exact) mass is 727 g/mol. The highest BCUT2D eigenvalue weighted by Crippen LogP contribution is 2.36. The minimum absolute atomic E-state index is 0.0194. The molecule has 0 atom stereocenters. The summed E-state index contributed by atoms with van der Waals surface area (Å²) >= 11 is 0. The lowest BCUT2D eigenvalue weighted by molar-refractivity contribution is -0.572. The Bertz CT molecular complexity index is 2710. The zero-order chi connectivity index (χ0) is 40.1. The molecule has 0 radical (unpaired) electrons. The second kappa shape index (κ2) is 14.8. The average molecular weight is 728 g/mol. The summed E-state index contributed by atoms with van der Waals surface area (Å²) in [6.07, 6.45) is 9.99. The van der Waals surface area contributed by atoms with Crippen LogP contribution in [0.1, 0.15) is 105 Å². The number of aromatic nitrogens is 5. The van der Waals surface area contributed by atoms with E-state index in [1.807, 2.05) is 45.7 Å². The molecule has 0 aliphatic rings. The second-order valence-electron chi connectivity index (χ2n) is 15.3. The fourth-order valence-corrected chi connectivity index (χ4v) is 7.88. The molecule has 0 saturated carbocycles. The number of pyridine rings is 2. The highest BCUT2D eigenvalue weighted by molar-refractivity contribution is 6.09. The van der Waals surface area contributed by atoms with Gasteiger partial charge in [0.1, 0.15) is 17.3 Å². The van der Waals surface area contributed by atoms with Gasteiger partial charge in [-0.15, -0.1) is 0 Å². The van der Waals surface area contributed by atoms with Crippen LogP contribution in [0.3, 0.4) is 0 Å². The number of imidazole rings is 1. The Kier molecular flexibility index (Phi) is 9.11. The standard InChI is InChI=1S/C49H51N5O/c1-8-33(9-2)35-26-36(34(10-3)11-4)28-38(27-35)52-32-53(45-19-15-14-18-44(45)52)47-31-40(23-25-50-47)55-39-20-21-42-41-16-12-13-17-43(41)54(46(42)30-39)48-29-37(22-24-51-48)49(5,6)7/h12-31,33-34H,8-11H2,1-7H3/i33D,34D. The molecule has 0 spiro atoms. The maximum Gasteiger partial charge on any atom is 0.271 e. The van der Waals surface area contributed by atoms with Crippen molar-refractivity contribution >= 4 is 32.8 Å². The second-order valence-corrected chi connectivity index (χ2v) is 15.3. The largest absolute Gasteiger partial charge is 0.458 e. The lowest BCUT2D eigenvalue weighted by atomic mass is 9.87. The van der Waals surface area contributed by atoms with E-state index in [0.717, 1.165) is 55.5 Å². The summed E-state index contributed by atoms with van der Waals surface area (Å²) in [5.74, 6) is 1.35. The lowest BCUT2D eigenvalue weighted by Gasteiger charge is -2.20. The molecule has 6 nitrogen and oxygen atoms in total. The molecular weight excluding hydrogens is 675 g/mol. The van der Waals surface area contributed by atoms with E-state index >= 15 is 0 Å². The zero-order valence-electron chi connectivity index (χ0n) is 35.0. The van der Waals surface area contributed by atoms with Crippen LogP contribution in [0.25, 0.3) is 50.2 Å². The predicted octanol–water partition coefficient (Wildman–Crippen LogP) is 12.5. The maximum atomic E-state index is 9.40. The Balaban J connectivity index is 1.21. The van der Waals surface area contributed by atoms with Gasteiger partial charge in [-0.3, -0.25) is 18.7 Å². The van der Waals surface area contributed by atoms with Crippen molar-refractivity contribution in [3.8, 4) is 28.8 Å². The SMILES string of the molecule is [2H]C(CC)(CC)c1cc(-[n+]2[c-]n(-c3cc(Oc4ccc5c6ccccc6n(-c6cc(C(C)(C)C)ccn6)c5c4)ccn3)c3ccccc32)cc(C([2H])(CC)CC)c1. The van der Waals surface area contributed by atoms with Gasteiger partial charge in [-0.25, -0.2) is 4.98 Å². The molecule has 4 aromatic heterocycles. The predicted molar refractivity (Wildman–Crippen MR) is 225 cm³/mol. The van der Waals surface area contributed by atoms with Gasteiger partial charge in [0, 0.05) is 38.0 Å². The normalized spacial score (nSPS) is 13.1. The van der Waals surface area contributed by atoms with Crippen LogP contribution in [0.4, 0.5) is 0 Å². The molecule has 4 heterocycles. The van der Waals surface area contributed by atoms with Crippen molar-refractivity contribution in [3.63, 3.8) is 0 Å². The van der Waals surface area contributed by atoms with Crippen LogP contribution in [0.15, 0.2) is 122 Å². The fourth-order valence-electron chi connectivity index (χ4n) is 7.88. The van der Waals surface area contributed by atoms with Crippen LogP contribution in [0.5, 0.6) is 11.5 Å². The first kappa shape index (κ1) is 33.8. The van der Waals surface area contributed by atoms with E-state index < -0.39 is 11.8 Å². The maximum absolute atomic E-state index is 9.40. The van der Waals surface area contributed by atoms with Crippen LogP contribution in [0, 0.1) is 6.33 Å². The molecule has 0 saturated heterocycles. The molecule has 0 aliphatic heterocycles. The van der Waals surface area contributed by atoms with Crippen molar-refractivity contribution in [2.45, 2.75) is 91.4 Å². The summed E-state index contributed by atoms with van der Waals surface area (Å²) in [5.41, 5.74) is 7.92. The molecule has 0 N–H and O–H groups in total. The van der Waals surface area contributed by atoms with Crippen molar-refractivity contribution in [2.24, 2.45) is 0 Å². The van der Waals surface area contributed by atoms with E-state index in [1.165, 1.54) is 5.56 Å². The molecule has 8 rings (SSSR count). The lowest BCUT2D eigenvalue weighted by Crippen LogP contribution is -2.30. The quantitative estimate of drug-likeness (QED) is 0.0984. The first-order chi connectivity index (χ1) is 27.4. The van der Waals surface area contributed by atoms with Crippen LogP contribution < -0.4 is 9.30 Å². The summed E-state index contributed by atoms with van der Waals surface area (Å²) in [7, 11) is 0. The molecule has 4 aromatic carbocycles. The van der Waals surface area contributed by atoms with Crippen LogP contribution in [-0.2, 0) is 5.41 Å². The minimum atomic E-state index is -0.760. The summed E-state index contributed by atoms with van der Waals surface area (Å²) in [5, 5.41) is 2.28. The van der Waals surface area contributed by atoms with Gasteiger partial charge in [0.05, 0.1) is 27.8 Å². The van der Waals surface area contributed by atoms with Gasteiger partial charge in [0.2, 0.25) is 0 Å². The number of nitrogens with zero attached hydrogens (tertiary/aromatic N) is 5.